The van der Waals surface area contributed by atoms with E-state index in [2.05, 4.69) is 31.9 Å². The SMILES string of the molecule is C=CCN(CC=C)[C@H]1CC(C(=O)OCC)=C[C@@H](OC(CC)CC)[C@H]1N(C(C)=O)C(C)(C)C. The van der Waals surface area contributed by atoms with Crippen molar-refractivity contribution in [2.24, 2.45) is 0 Å². The molecule has 0 saturated heterocycles. The van der Waals surface area contributed by atoms with Gasteiger partial charge in [-0.3, -0.25) is 9.69 Å². The minimum Gasteiger partial charge on any atom is -0.463 e. The van der Waals surface area contributed by atoms with Gasteiger partial charge in [-0.05, 0) is 53.0 Å². The molecule has 0 fully saturated rings. The monoisotopic (exact) mass is 448 g/mol. The topological polar surface area (TPSA) is 59.1 Å². The Balaban J connectivity index is 3.69. The molecule has 182 valence electrons. The van der Waals surface area contributed by atoms with Gasteiger partial charge >= 0.3 is 5.97 Å². The number of hydrogen-bond acceptors (Lipinski definition) is 5. The molecule has 6 heteroatoms. The zero-order valence-electron chi connectivity index (χ0n) is 21.2. The van der Waals surface area contributed by atoms with E-state index in [1.807, 2.05) is 43.9 Å². The lowest BCUT2D eigenvalue weighted by Gasteiger charge is -2.51. The van der Waals surface area contributed by atoms with Crippen molar-refractivity contribution in [1.82, 2.24) is 9.80 Å². The van der Waals surface area contributed by atoms with E-state index in [0.717, 1.165) is 12.8 Å². The molecule has 0 unspecified atom stereocenters. The van der Waals surface area contributed by atoms with Gasteiger partial charge in [0.05, 0.1) is 24.9 Å². The fraction of sp³-hybridized carbons (Fsp3) is 0.692. The summed E-state index contributed by atoms with van der Waals surface area (Å²) in [5.74, 6) is -0.341. The first-order valence-corrected chi connectivity index (χ1v) is 11.8. The Labute approximate surface area is 195 Å². The van der Waals surface area contributed by atoms with Crippen LogP contribution in [0.25, 0.3) is 0 Å². The van der Waals surface area contributed by atoms with Crippen LogP contribution in [0.15, 0.2) is 37.0 Å². The third-order valence-electron chi connectivity index (χ3n) is 5.88. The second kappa shape index (κ2) is 12.9. The Hall–Kier alpha value is -1.92. The number of rotatable bonds is 12. The van der Waals surface area contributed by atoms with Crippen LogP contribution in [0.2, 0.25) is 0 Å². The van der Waals surface area contributed by atoms with Gasteiger partial charge in [-0.2, -0.15) is 0 Å². The van der Waals surface area contributed by atoms with E-state index in [0.29, 0.717) is 31.7 Å². The molecule has 1 aliphatic carbocycles. The quantitative estimate of drug-likeness (QED) is 0.325. The lowest BCUT2D eigenvalue weighted by Crippen LogP contribution is -2.65. The maximum absolute atomic E-state index is 13.0. The summed E-state index contributed by atoms with van der Waals surface area (Å²) in [6.45, 7) is 23.1. The van der Waals surface area contributed by atoms with E-state index in [4.69, 9.17) is 9.47 Å². The highest BCUT2D eigenvalue weighted by atomic mass is 16.5. The molecule has 0 aromatic carbocycles. The molecule has 0 N–H and O–H groups in total. The van der Waals surface area contributed by atoms with Crippen LogP contribution in [-0.4, -0.2) is 71.2 Å². The standard InChI is InChI=1S/C26H44N2O4/c1-10-15-27(16-11-2)22-17-20(25(30)31-14-5)18-23(32-21(12-3)13-4)24(22)28(19(6)29)26(7,8)9/h10-11,18,21-24H,1-2,12-17H2,3-9H3/t22-,23+,24-/m0/s1. The van der Waals surface area contributed by atoms with Crippen LogP contribution < -0.4 is 0 Å². The molecule has 0 aliphatic heterocycles. The van der Waals surface area contributed by atoms with Gasteiger partial charge < -0.3 is 14.4 Å². The van der Waals surface area contributed by atoms with Gasteiger partial charge in [0.25, 0.3) is 0 Å². The summed E-state index contributed by atoms with van der Waals surface area (Å²) in [4.78, 5) is 29.9. The van der Waals surface area contributed by atoms with Gasteiger partial charge in [0, 0.05) is 37.2 Å². The first kappa shape index (κ1) is 28.1. The van der Waals surface area contributed by atoms with Gasteiger partial charge in [0.15, 0.2) is 0 Å². The van der Waals surface area contributed by atoms with Crippen LogP contribution in [0.1, 0.15) is 67.7 Å². The molecule has 0 aromatic heterocycles. The molecular formula is C26H44N2O4. The maximum atomic E-state index is 13.0. The fourth-order valence-electron chi connectivity index (χ4n) is 4.60. The summed E-state index contributed by atoms with van der Waals surface area (Å²) < 4.78 is 11.9. The number of esters is 1. The number of amides is 1. The molecule has 3 atom stereocenters. The molecule has 6 nitrogen and oxygen atoms in total. The van der Waals surface area contributed by atoms with E-state index >= 15 is 0 Å². The number of carbonyl (C=O) groups excluding carboxylic acids is 2. The summed E-state index contributed by atoms with van der Waals surface area (Å²) in [6.07, 6.45) is 7.34. The highest BCUT2D eigenvalue weighted by molar-refractivity contribution is 5.89. The predicted octanol–water partition coefficient (Wildman–Crippen LogP) is 4.51. The predicted molar refractivity (Wildman–Crippen MR) is 130 cm³/mol. The summed E-state index contributed by atoms with van der Waals surface area (Å²) >= 11 is 0. The Bertz CT molecular complexity index is 666. The third-order valence-corrected chi connectivity index (χ3v) is 5.88. The van der Waals surface area contributed by atoms with E-state index in [9.17, 15) is 9.59 Å². The first-order chi connectivity index (χ1) is 15.0. The van der Waals surface area contributed by atoms with Crippen molar-refractivity contribution < 1.29 is 19.1 Å². The van der Waals surface area contributed by atoms with E-state index in [-0.39, 0.29) is 30.1 Å². The molecule has 0 radical (unpaired) electrons. The molecule has 0 aromatic rings. The molecule has 0 heterocycles. The van der Waals surface area contributed by atoms with Crippen LogP contribution in [0.5, 0.6) is 0 Å². The summed E-state index contributed by atoms with van der Waals surface area (Å²) in [5.41, 5.74) is 0.174. The zero-order valence-corrected chi connectivity index (χ0v) is 21.2. The van der Waals surface area contributed by atoms with Crippen molar-refractivity contribution >= 4 is 11.9 Å². The highest BCUT2D eigenvalue weighted by Gasteiger charge is 2.46. The molecule has 1 aliphatic rings. The van der Waals surface area contributed by atoms with Crippen LogP contribution in [0.3, 0.4) is 0 Å². The van der Waals surface area contributed by atoms with Crippen LogP contribution in [0, 0.1) is 0 Å². The molecular weight excluding hydrogens is 404 g/mol. The van der Waals surface area contributed by atoms with Crippen molar-refractivity contribution in [3.8, 4) is 0 Å². The Morgan fingerprint density at radius 2 is 1.72 bits per heavy atom. The van der Waals surface area contributed by atoms with E-state index < -0.39 is 11.6 Å². The number of nitrogens with zero attached hydrogens (tertiary/aromatic N) is 2. The van der Waals surface area contributed by atoms with E-state index in [1.165, 1.54) is 0 Å². The molecule has 32 heavy (non-hydrogen) atoms. The Morgan fingerprint density at radius 1 is 1.16 bits per heavy atom. The number of carbonyl (C=O) groups is 2. The van der Waals surface area contributed by atoms with Crippen molar-refractivity contribution in [3.63, 3.8) is 0 Å². The average molecular weight is 449 g/mol. The Kier molecular flexibility index (Phi) is 11.4. The van der Waals surface area contributed by atoms with Gasteiger partial charge in [-0.25, -0.2) is 4.79 Å². The third kappa shape index (κ3) is 7.31. The molecule has 1 amide bonds. The summed E-state index contributed by atoms with van der Waals surface area (Å²) in [7, 11) is 0. The van der Waals surface area contributed by atoms with Crippen molar-refractivity contribution in [1.29, 1.82) is 0 Å². The van der Waals surface area contributed by atoms with Gasteiger partial charge in [-0.15, -0.1) is 13.2 Å². The smallest absolute Gasteiger partial charge is 0.333 e. The minimum absolute atomic E-state index is 0.0178. The van der Waals surface area contributed by atoms with Crippen molar-refractivity contribution in [2.45, 2.75) is 97.6 Å². The molecule has 0 bridgehead atoms. The van der Waals surface area contributed by atoms with Crippen molar-refractivity contribution in [3.05, 3.63) is 37.0 Å². The number of hydrogen-bond donors (Lipinski definition) is 0. The number of ether oxygens (including phenoxy) is 2. The second-order valence-electron chi connectivity index (χ2n) is 9.30. The minimum atomic E-state index is -0.432. The largest absolute Gasteiger partial charge is 0.463 e. The van der Waals surface area contributed by atoms with Gasteiger partial charge in [-0.1, -0.05) is 26.0 Å². The molecule has 0 spiro atoms. The highest BCUT2D eigenvalue weighted by Crippen LogP contribution is 2.34. The molecule has 0 saturated carbocycles. The van der Waals surface area contributed by atoms with Crippen LogP contribution >= 0.6 is 0 Å². The lowest BCUT2D eigenvalue weighted by molar-refractivity contribution is -0.149. The average Bonchev–Trinajstić information content (AvgIpc) is 2.71. The summed E-state index contributed by atoms with van der Waals surface area (Å²) in [6, 6.07) is -0.427. The lowest BCUT2D eigenvalue weighted by atomic mass is 9.83. The van der Waals surface area contributed by atoms with Crippen molar-refractivity contribution in [2.75, 3.05) is 19.7 Å². The second-order valence-corrected chi connectivity index (χ2v) is 9.30. The first-order valence-electron chi connectivity index (χ1n) is 11.8. The van der Waals surface area contributed by atoms with Gasteiger partial charge in [0.2, 0.25) is 5.91 Å². The molecule has 1 rings (SSSR count). The fourth-order valence-corrected chi connectivity index (χ4v) is 4.60. The van der Waals surface area contributed by atoms with Crippen LogP contribution in [0.4, 0.5) is 0 Å². The Morgan fingerprint density at radius 3 is 2.12 bits per heavy atom. The summed E-state index contributed by atoms with van der Waals surface area (Å²) in [5, 5.41) is 0. The normalized spacial score (nSPS) is 21.3. The van der Waals surface area contributed by atoms with Gasteiger partial charge in [0.1, 0.15) is 0 Å². The van der Waals surface area contributed by atoms with Crippen LogP contribution in [-0.2, 0) is 19.1 Å². The zero-order chi connectivity index (χ0) is 24.5. The van der Waals surface area contributed by atoms with E-state index in [1.54, 1.807) is 13.8 Å². The maximum Gasteiger partial charge on any atom is 0.333 e.